The van der Waals surface area contributed by atoms with Crippen molar-refractivity contribution >= 4 is 6.03 Å². The lowest BCUT2D eigenvalue weighted by Gasteiger charge is -2.35. The summed E-state index contributed by atoms with van der Waals surface area (Å²) in [6.45, 7) is 4.76. The van der Waals surface area contributed by atoms with Gasteiger partial charge in [-0.25, -0.2) is 9.78 Å². The molecular weight excluding hydrogens is 304 g/mol. The lowest BCUT2D eigenvalue weighted by Crippen LogP contribution is -2.47. The molecular formula is C18H26N4O2. The van der Waals surface area contributed by atoms with Gasteiger partial charge in [0.1, 0.15) is 17.3 Å². The predicted octanol–water partition coefficient (Wildman–Crippen LogP) is 3.57. The van der Waals surface area contributed by atoms with Crippen LogP contribution in [0.1, 0.15) is 56.0 Å². The lowest BCUT2D eigenvalue weighted by molar-refractivity contribution is 0.145. The number of likely N-dealkylation sites (tertiary alicyclic amines) is 1. The van der Waals surface area contributed by atoms with Crippen LogP contribution in [0.5, 0.6) is 0 Å². The van der Waals surface area contributed by atoms with Gasteiger partial charge in [0, 0.05) is 31.4 Å². The van der Waals surface area contributed by atoms with Crippen molar-refractivity contribution in [3.63, 3.8) is 0 Å². The van der Waals surface area contributed by atoms with E-state index in [1.807, 2.05) is 37.1 Å². The van der Waals surface area contributed by atoms with Gasteiger partial charge in [-0.1, -0.05) is 0 Å². The summed E-state index contributed by atoms with van der Waals surface area (Å²) < 4.78 is 5.59. The van der Waals surface area contributed by atoms with Crippen molar-refractivity contribution in [2.24, 2.45) is 0 Å². The van der Waals surface area contributed by atoms with E-state index in [1.54, 1.807) is 6.20 Å². The number of nitrogens with one attached hydrogen (secondary N) is 2. The summed E-state index contributed by atoms with van der Waals surface area (Å²) in [5, 5.41) is 3.12. The van der Waals surface area contributed by atoms with Crippen LogP contribution in [-0.2, 0) is 6.42 Å². The molecule has 0 aromatic carbocycles. The molecule has 2 N–H and O–H groups in total. The second kappa shape index (κ2) is 7.55. The quantitative estimate of drug-likeness (QED) is 0.880. The fourth-order valence-corrected chi connectivity index (χ4v) is 3.26. The van der Waals surface area contributed by atoms with Gasteiger partial charge in [0.05, 0.1) is 6.04 Å². The van der Waals surface area contributed by atoms with Crippen molar-refractivity contribution in [3.05, 3.63) is 41.9 Å². The van der Waals surface area contributed by atoms with Crippen molar-refractivity contribution in [2.75, 3.05) is 6.54 Å². The van der Waals surface area contributed by atoms with E-state index in [2.05, 4.69) is 15.3 Å². The van der Waals surface area contributed by atoms with E-state index in [-0.39, 0.29) is 18.1 Å². The fraction of sp³-hybridized carbons (Fsp3) is 0.556. The number of carbonyl (C=O) groups is 1. The van der Waals surface area contributed by atoms with E-state index >= 15 is 0 Å². The Hall–Kier alpha value is -2.24. The van der Waals surface area contributed by atoms with Crippen LogP contribution in [0.4, 0.5) is 4.79 Å². The first-order chi connectivity index (χ1) is 11.6. The number of piperidine rings is 1. The maximum atomic E-state index is 12.7. The molecule has 6 heteroatoms. The number of amides is 2. The zero-order valence-electron chi connectivity index (χ0n) is 14.4. The molecule has 1 aliphatic rings. The number of urea groups is 1. The van der Waals surface area contributed by atoms with Crippen LogP contribution in [0.3, 0.4) is 0 Å². The highest BCUT2D eigenvalue weighted by molar-refractivity contribution is 5.75. The molecule has 1 aliphatic heterocycles. The van der Waals surface area contributed by atoms with Crippen LogP contribution < -0.4 is 5.32 Å². The zero-order valence-corrected chi connectivity index (χ0v) is 14.4. The van der Waals surface area contributed by atoms with Gasteiger partial charge in [-0.15, -0.1) is 0 Å². The van der Waals surface area contributed by atoms with E-state index in [0.29, 0.717) is 0 Å². The smallest absolute Gasteiger partial charge is 0.318 e. The van der Waals surface area contributed by atoms with Crippen LogP contribution in [0, 0.1) is 6.92 Å². The minimum Gasteiger partial charge on any atom is -0.466 e. The molecule has 2 atom stereocenters. The minimum absolute atomic E-state index is 0.000717. The fourth-order valence-electron chi connectivity index (χ4n) is 3.26. The molecule has 3 heterocycles. The molecule has 0 aliphatic carbocycles. The first-order valence-electron chi connectivity index (χ1n) is 8.75. The van der Waals surface area contributed by atoms with E-state index in [4.69, 9.17) is 4.42 Å². The highest BCUT2D eigenvalue weighted by Gasteiger charge is 2.30. The first-order valence-corrected chi connectivity index (χ1v) is 8.75. The summed E-state index contributed by atoms with van der Waals surface area (Å²) in [5.74, 6) is 2.78. The highest BCUT2D eigenvalue weighted by Crippen LogP contribution is 2.28. The van der Waals surface area contributed by atoms with Crippen molar-refractivity contribution in [1.82, 2.24) is 20.2 Å². The van der Waals surface area contributed by atoms with Gasteiger partial charge in [0.2, 0.25) is 0 Å². The van der Waals surface area contributed by atoms with Crippen LogP contribution in [-0.4, -0.2) is 33.5 Å². The molecule has 0 radical (unpaired) electrons. The average molecular weight is 330 g/mol. The Balaban J connectivity index is 1.54. The summed E-state index contributed by atoms with van der Waals surface area (Å²) >= 11 is 0. The Morgan fingerprint density at radius 3 is 3.08 bits per heavy atom. The minimum atomic E-state index is -0.000717. The summed E-state index contributed by atoms with van der Waals surface area (Å²) in [7, 11) is 0. The predicted molar refractivity (Wildman–Crippen MR) is 91.6 cm³/mol. The van der Waals surface area contributed by atoms with Gasteiger partial charge >= 0.3 is 6.03 Å². The summed E-state index contributed by atoms with van der Waals surface area (Å²) in [6, 6.07) is 4.12. The van der Waals surface area contributed by atoms with E-state index in [0.717, 1.165) is 56.0 Å². The third-order valence-electron chi connectivity index (χ3n) is 4.59. The molecule has 2 unspecified atom stereocenters. The van der Waals surface area contributed by atoms with Gasteiger partial charge in [-0.05, 0) is 51.7 Å². The van der Waals surface area contributed by atoms with E-state index in [9.17, 15) is 4.79 Å². The van der Waals surface area contributed by atoms with E-state index < -0.39 is 0 Å². The van der Waals surface area contributed by atoms with Gasteiger partial charge in [-0.2, -0.15) is 0 Å². The molecule has 0 saturated carbocycles. The normalized spacial score (nSPS) is 19.2. The Bertz CT molecular complexity index is 650. The average Bonchev–Trinajstić information content (AvgIpc) is 3.24. The number of carbonyl (C=O) groups excluding carboxylic acids is 1. The molecule has 1 saturated heterocycles. The Morgan fingerprint density at radius 1 is 1.50 bits per heavy atom. The van der Waals surface area contributed by atoms with Gasteiger partial charge in [0.25, 0.3) is 0 Å². The number of rotatable bonds is 5. The maximum Gasteiger partial charge on any atom is 0.318 e. The SMILES string of the molecule is Cc1ccc(CCC(C)NC(=O)N2CCCCC2c2ncc[nH]2)o1. The zero-order chi connectivity index (χ0) is 16.9. The monoisotopic (exact) mass is 330 g/mol. The molecule has 0 spiro atoms. The number of imidazole rings is 1. The number of H-pyrrole nitrogens is 1. The number of hydrogen-bond acceptors (Lipinski definition) is 3. The molecule has 1 fully saturated rings. The van der Waals surface area contributed by atoms with Crippen molar-refractivity contribution in [3.8, 4) is 0 Å². The summed E-state index contributed by atoms with van der Waals surface area (Å²) in [6.07, 6.45) is 8.38. The van der Waals surface area contributed by atoms with E-state index in [1.165, 1.54) is 0 Å². The molecule has 24 heavy (non-hydrogen) atoms. The van der Waals surface area contributed by atoms with Crippen molar-refractivity contribution in [2.45, 2.75) is 58.0 Å². The molecule has 130 valence electrons. The summed E-state index contributed by atoms with van der Waals surface area (Å²) in [4.78, 5) is 22.1. The topological polar surface area (TPSA) is 74.2 Å². The van der Waals surface area contributed by atoms with Crippen LogP contribution >= 0.6 is 0 Å². The Kier molecular flexibility index (Phi) is 5.23. The number of aryl methyl sites for hydroxylation is 2. The second-order valence-corrected chi connectivity index (χ2v) is 6.58. The van der Waals surface area contributed by atoms with Crippen LogP contribution in [0.25, 0.3) is 0 Å². The Morgan fingerprint density at radius 2 is 2.38 bits per heavy atom. The molecule has 2 aromatic heterocycles. The maximum absolute atomic E-state index is 12.7. The first kappa shape index (κ1) is 16.6. The molecule has 2 amide bonds. The number of aromatic amines is 1. The second-order valence-electron chi connectivity index (χ2n) is 6.58. The standard InChI is InChI=1S/C18H26N4O2/c1-13(6-8-15-9-7-14(2)24-15)21-18(23)22-12-4-3-5-16(22)17-19-10-11-20-17/h7,9-11,13,16H,3-6,8,12H2,1-2H3,(H,19,20)(H,21,23). The molecule has 6 nitrogen and oxygen atoms in total. The highest BCUT2D eigenvalue weighted by atomic mass is 16.3. The largest absolute Gasteiger partial charge is 0.466 e. The molecule has 0 bridgehead atoms. The van der Waals surface area contributed by atoms with Crippen LogP contribution in [0.15, 0.2) is 28.9 Å². The van der Waals surface area contributed by atoms with Gasteiger partial charge in [-0.3, -0.25) is 0 Å². The Labute approximate surface area is 142 Å². The van der Waals surface area contributed by atoms with Gasteiger partial charge in [0.15, 0.2) is 0 Å². The van der Waals surface area contributed by atoms with Crippen molar-refractivity contribution in [1.29, 1.82) is 0 Å². The number of furan rings is 1. The van der Waals surface area contributed by atoms with Gasteiger partial charge < -0.3 is 19.6 Å². The third kappa shape index (κ3) is 3.99. The number of hydrogen-bond donors (Lipinski definition) is 2. The summed E-state index contributed by atoms with van der Waals surface area (Å²) in [5.41, 5.74) is 0. The number of nitrogens with zero attached hydrogens (tertiary/aromatic N) is 2. The van der Waals surface area contributed by atoms with Crippen molar-refractivity contribution < 1.29 is 9.21 Å². The van der Waals surface area contributed by atoms with Crippen LogP contribution in [0.2, 0.25) is 0 Å². The third-order valence-corrected chi connectivity index (χ3v) is 4.59. The lowest BCUT2D eigenvalue weighted by atomic mass is 10.0. The molecule has 3 rings (SSSR count). The number of aromatic nitrogens is 2. The molecule has 2 aromatic rings.